The van der Waals surface area contributed by atoms with Crippen LogP contribution in [-0.4, -0.2) is 42.0 Å². The van der Waals surface area contributed by atoms with Gasteiger partial charge in [0.25, 0.3) is 0 Å². The SMILES string of the molecule is CC(C)(C)OO.CN[C@@H](CC1CC1)C(=O)O[C@H](C)C(=O)OCc1ccccc1. The Morgan fingerprint density at radius 1 is 1.18 bits per heavy atom. The third-order valence-corrected chi connectivity index (χ3v) is 4.02. The standard InChI is InChI=1S/C17H23NO4.C4H10O2/c1-12(16(19)21-11-14-6-4-3-5-7-14)22-17(20)15(18-2)10-13-8-9-13;1-4(2,3)6-5/h3-7,12-13,15,18H,8-11H2,1-2H3;5H,1-3H3/t12-,15+;/m1./s1. The second kappa shape index (κ2) is 11.8. The largest absolute Gasteiger partial charge is 0.458 e. The Morgan fingerprint density at radius 2 is 1.75 bits per heavy atom. The van der Waals surface area contributed by atoms with Crippen molar-refractivity contribution in [3.05, 3.63) is 35.9 Å². The average Bonchev–Trinajstić information content (AvgIpc) is 3.49. The Hall–Kier alpha value is -1.96. The van der Waals surface area contributed by atoms with Crippen molar-refractivity contribution in [2.45, 2.75) is 71.3 Å². The Bertz CT molecular complexity index is 595. The van der Waals surface area contributed by atoms with E-state index < -0.39 is 23.6 Å². The van der Waals surface area contributed by atoms with Crippen molar-refractivity contribution in [1.82, 2.24) is 5.32 Å². The van der Waals surface area contributed by atoms with E-state index in [4.69, 9.17) is 14.7 Å². The van der Waals surface area contributed by atoms with Gasteiger partial charge in [0.1, 0.15) is 12.6 Å². The van der Waals surface area contributed by atoms with Crippen molar-refractivity contribution >= 4 is 11.9 Å². The zero-order valence-corrected chi connectivity index (χ0v) is 17.4. The number of likely N-dealkylation sites (N-methyl/N-ethyl adjacent to an activating group) is 1. The zero-order valence-electron chi connectivity index (χ0n) is 17.4. The van der Waals surface area contributed by atoms with Gasteiger partial charge < -0.3 is 14.8 Å². The summed E-state index contributed by atoms with van der Waals surface area (Å²) in [4.78, 5) is 27.8. The monoisotopic (exact) mass is 395 g/mol. The van der Waals surface area contributed by atoms with Gasteiger partial charge in [-0.1, -0.05) is 43.2 Å². The molecule has 0 aromatic heterocycles. The predicted octanol–water partition coefficient (Wildman–Crippen LogP) is 3.32. The topological polar surface area (TPSA) is 94.1 Å². The molecular formula is C21H33NO6. The van der Waals surface area contributed by atoms with Crippen molar-refractivity contribution in [2.24, 2.45) is 5.92 Å². The molecule has 28 heavy (non-hydrogen) atoms. The molecule has 0 aliphatic heterocycles. The first-order valence-corrected chi connectivity index (χ1v) is 9.57. The number of carbonyl (C=O) groups excluding carboxylic acids is 2. The number of hydrogen-bond donors (Lipinski definition) is 2. The number of ether oxygens (including phenoxy) is 2. The van der Waals surface area contributed by atoms with E-state index in [0.717, 1.165) is 12.0 Å². The van der Waals surface area contributed by atoms with Gasteiger partial charge in [-0.2, -0.15) is 0 Å². The second-order valence-corrected chi connectivity index (χ2v) is 7.90. The highest BCUT2D eigenvalue weighted by molar-refractivity contribution is 5.81. The van der Waals surface area contributed by atoms with Crippen LogP contribution in [0.25, 0.3) is 0 Å². The van der Waals surface area contributed by atoms with Gasteiger partial charge in [-0.3, -0.25) is 10.1 Å². The van der Waals surface area contributed by atoms with Crippen LogP contribution in [0.3, 0.4) is 0 Å². The van der Waals surface area contributed by atoms with Gasteiger partial charge in [-0.15, -0.1) is 0 Å². The van der Waals surface area contributed by atoms with E-state index in [-0.39, 0.29) is 12.6 Å². The Balaban J connectivity index is 0.000000568. The molecule has 1 aromatic rings. The van der Waals surface area contributed by atoms with Crippen LogP contribution >= 0.6 is 0 Å². The van der Waals surface area contributed by atoms with Crippen molar-refractivity contribution in [2.75, 3.05) is 7.05 Å². The molecule has 0 saturated heterocycles. The first-order valence-electron chi connectivity index (χ1n) is 9.57. The average molecular weight is 395 g/mol. The van der Waals surface area contributed by atoms with Crippen LogP contribution in [0.4, 0.5) is 0 Å². The van der Waals surface area contributed by atoms with Gasteiger partial charge in [-0.25, -0.2) is 9.68 Å². The first kappa shape index (κ1) is 24.1. The van der Waals surface area contributed by atoms with Gasteiger partial charge in [-0.05, 0) is 52.6 Å². The lowest BCUT2D eigenvalue weighted by molar-refractivity contribution is -0.306. The maximum absolute atomic E-state index is 12.0. The molecule has 0 unspecified atom stereocenters. The minimum absolute atomic E-state index is 0.180. The third kappa shape index (κ3) is 10.4. The number of hydrogen-bond acceptors (Lipinski definition) is 7. The molecule has 2 rings (SSSR count). The maximum atomic E-state index is 12.0. The molecule has 0 heterocycles. The molecule has 0 radical (unpaired) electrons. The molecule has 2 atom stereocenters. The lowest BCUT2D eigenvalue weighted by Gasteiger charge is -2.18. The molecule has 2 N–H and O–H groups in total. The molecule has 7 nitrogen and oxygen atoms in total. The quantitative estimate of drug-likeness (QED) is 0.396. The molecule has 158 valence electrons. The minimum Gasteiger partial charge on any atom is -0.458 e. The highest BCUT2D eigenvalue weighted by atomic mass is 17.1. The van der Waals surface area contributed by atoms with Gasteiger partial charge in [0.15, 0.2) is 6.10 Å². The van der Waals surface area contributed by atoms with Gasteiger partial charge >= 0.3 is 11.9 Å². The lowest BCUT2D eigenvalue weighted by Crippen LogP contribution is -2.39. The number of esters is 2. The van der Waals surface area contributed by atoms with E-state index in [9.17, 15) is 9.59 Å². The van der Waals surface area contributed by atoms with Crippen molar-refractivity contribution in [1.29, 1.82) is 0 Å². The summed E-state index contributed by atoms with van der Waals surface area (Å²) in [6.45, 7) is 7.03. The van der Waals surface area contributed by atoms with E-state index in [1.54, 1.807) is 27.8 Å². The molecule has 1 aliphatic carbocycles. The number of carbonyl (C=O) groups is 2. The van der Waals surface area contributed by atoms with Crippen LogP contribution in [-0.2, 0) is 30.6 Å². The molecule has 1 fully saturated rings. The highest BCUT2D eigenvalue weighted by Gasteiger charge is 2.31. The fourth-order valence-corrected chi connectivity index (χ4v) is 2.17. The van der Waals surface area contributed by atoms with E-state index in [1.165, 1.54) is 19.8 Å². The normalized spacial score (nSPS) is 15.6. The summed E-state index contributed by atoms with van der Waals surface area (Å²) in [5, 5.41) is 10.9. The van der Waals surface area contributed by atoms with E-state index in [1.807, 2.05) is 30.3 Å². The third-order valence-electron chi connectivity index (χ3n) is 4.02. The molecule has 0 spiro atoms. The number of rotatable bonds is 8. The molecule has 1 aromatic carbocycles. The van der Waals surface area contributed by atoms with Gasteiger partial charge in [0.05, 0.1) is 5.60 Å². The summed E-state index contributed by atoms with van der Waals surface area (Å²) in [7, 11) is 1.73. The van der Waals surface area contributed by atoms with E-state index in [0.29, 0.717) is 5.92 Å². The van der Waals surface area contributed by atoms with Crippen LogP contribution in [0.2, 0.25) is 0 Å². The summed E-state index contributed by atoms with van der Waals surface area (Å²) in [5.74, 6) is -0.317. The lowest BCUT2D eigenvalue weighted by atomic mass is 10.1. The Labute approximate surface area is 167 Å². The maximum Gasteiger partial charge on any atom is 0.347 e. The molecule has 1 saturated carbocycles. The molecule has 1 aliphatic rings. The predicted molar refractivity (Wildman–Crippen MR) is 105 cm³/mol. The molecule has 0 amide bonds. The van der Waals surface area contributed by atoms with E-state index in [2.05, 4.69) is 10.2 Å². The molecular weight excluding hydrogens is 362 g/mol. The number of benzene rings is 1. The number of nitrogens with one attached hydrogen (secondary N) is 1. The van der Waals surface area contributed by atoms with Crippen LogP contribution in [0, 0.1) is 5.92 Å². The smallest absolute Gasteiger partial charge is 0.347 e. The van der Waals surface area contributed by atoms with E-state index >= 15 is 0 Å². The van der Waals surface area contributed by atoms with Crippen LogP contribution in [0.5, 0.6) is 0 Å². The van der Waals surface area contributed by atoms with Crippen molar-refractivity contribution < 1.29 is 29.2 Å². The Morgan fingerprint density at radius 3 is 2.21 bits per heavy atom. The first-order chi connectivity index (χ1) is 13.2. The van der Waals surface area contributed by atoms with Gasteiger partial charge in [0.2, 0.25) is 0 Å². The van der Waals surface area contributed by atoms with Crippen LogP contribution < -0.4 is 5.32 Å². The Kier molecular flexibility index (Phi) is 10.1. The molecule has 0 bridgehead atoms. The fraction of sp³-hybridized carbons (Fsp3) is 0.619. The summed E-state index contributed by atoms with van der Waals surface area (Å²) < 4.78 is 10.4. The van der Waals surface area contributed by atoms with Crippen LogP contribution in [0.1, 0.15) is 52.5 Å². The van der Waals surface area contributed by atoms with Gasteiger partial charge in [0, 0.05) is 0 Å². The van der Waals surface area contributed by atoms with Crippen molar-refractivity contribution in [3.8, 4) is 0 Å². The minimum atomic E-state index is -0.897. The summed E-state index contributed by atoms with van der Waals surface area (Å²) in [6, 6.07) is 9.04. The zero-order chi connectivity index (χ0) is 21.2. The second-order valence-electron chi connectivity index (χ2n) is 7.90. The summed E-state index contributed by atoms with van der Waals surface area (Å²) >= 11 is 0. The fourth-order valence-electron chi connectivity index (χ4n) is 2.17. The summed E-state index contributed by atoms with van der Waals surface area (Å²) in [5.41, 5.74) is 0.496. The van der Waals surface area contributed by atoms with Crippen molar-refractivity contribution in [3.63, 3.8) is 0 Å². The van der Waals surface area contributed by atoms with Crippen LogP contribution in [0.15, 0.2) is 30.3 Å². The molecule has 7 heteroatoms. The summed E-state index contributed by atoms with van der Waals surface area (Å²) in [6.07, 6.45) is 2.20. The highest BCUT2D eigenvalue weighted by Crippen LogP contribution is 2.33.